The molecular formula is C24H26N4O3S. The van der Waals surface area contributed by atoms with Gasteiger partial charge in [-0.2, -0.15) is 11.3 Å². The SMILES string of the molecule is CC(=O)NCC(C(=O)N(C)C)c1ccc(C(=O)Nc2cc(-c3ccsc3)ccc2N)cc1. The van der Waals surface area contributed by atoms with Crippen LogP contribution in [0.25, 0.3) is 11.1 Å². The van der Waals surface area contributed by atoms with Gasteiger partial charge in [0.15, 0.2) is 0 Å². The number of hydrogen-bond donors (Lipinski definition) is 3. The summed E-state index contributed by atoms with van der Waals surface area (Å²) in [6, 6.07) is 14.3. The van der Waals surface area contributed by atoms with Gasteiger partial charge in [-0.05, 0) is 57.8 Å². The summed E-state index contributed by atoms with van der Waals surface area (Å²) < 4.78 is 0. The lowest BCUT2D eigenvalue weighted by molar-refractivity contribution is -0.130. The third-order valence-electron chi connectivity index (χ3n) is 5.03. The molecule has 0 fully saturated rings. The van der Waals surface area contributed by atoms with Gasteiger partial charge in [0.05, 0.1) is 17.3 Å². The van der Waals surface area contributed by atoms with Crippen LogP contribution in [-0.4, -0.2) is 43.3 Å². The average Bonchev–Trinajstić information content (AvgIpc) is 3.30. The van der Waals surface area contributed by atoms with E-state index in [1.807, 2.05) is 29.0 Å². The van der Waals surface area contributed by atoms with Crippen molar-refractivity contribution >= 4 is 40.4 Å². The fraction of sp³-hybridized carbons (Fsp3) is 0.208. The van der Waals surface area contributed by atoms with Crippen LogP contribution >= 0.6 is 11.3 Å². The first kappa shape index (κ1) is 23.0. The molecule has 4 N–H and O–H groups in total. The first-order chi connectivity index (χ1) is 15.3. The molecule has 3 aromatic rings. The maximum atomic E-state index is 12.8. The number of hydrogen-bond acceptors (Lipinski definition) is 5. The number of thiophene rings is 1. The third-order valence-corrected chi connectivity index (χ3v) is 5.71. The van der Waals surface area contributed by atoms with Gasteiger partial charge in [-0.15, -0.1) is 0 Å². The van der Waals surface area contributed by atoms with E-state index >= 15 is 0 Å². The van der Waals surface area contributed by atoms with E-state index in [2.05, 4.69) is 10.6 Å². The standard InChI is InChI=1S/C24H26N4O3S/c1-15(29)26-13-20(24(31)28(2)3)16-4-6-17(7-5-16)23(30)27-22-12-18(8-9-21(22)25)19-10-11-32-14-19/h4-12,14,20H,13,25H2,1-3H3,(H,26,29)(H,27,30). The van der Waals surface area contributed by atoms with Gasteiger partial charge >= 0.3 is 0 Å². The second-order valence-electron chi connectivity index (χ2n) is 7.61. The van der Waals surface area contributed by atoms with Gasteiger partial charge in [0.1, 0.15) is 0 Å². The van der Waals surface area contributed by atoms with Gasteiger partial charge in [-0.3, -0.25) is 14.4 Å². The summed E-state index contributed by atoms with van der Waals surface area (Å²) in [5, 5.41) is 9.58. The molecule has 8 heteroatoms. The maximum Gasteiger partial charge on any atom is 0.255 e. The zero-order chi connectivity index (χ0) is 23.3. The second kappa shape index (κ2) is 10.1. The van der Waals surface area contributed by atoms with Crippen LogP contribution in [0.15, 0.2) is 59.3 Å². The molecule has 7 nitrogen and oxygen atoms in total. The van der Waals surface area contributed by atoms with Crippen LogP contribution in [0.1, 0.15) is 28.8 Å². The lowest BCUT2D eigenvalue weighted by Gasteiger charge is -2.21. The van der Waals surface area contributed by atoms with Crippen molar-refractivity contribution in [3.05, 3.63) is 70.4 Å². The monoisotopic (exact) mass is 450 g/mol. The van der Waals surface area contributed by atoms with Crippen molar-refractivity contribution in [2.75, 3.05) is 31.7 Å². The van der Waals surface area contributed by atoms with Crippen LogP contribution in [0, 0.1) is 0 Å². The Labute approximate surface area is 191 Å². The number of anilines is 2. The van der Waals surface area contributed by atoms with Crippen LogP contribution in [0.5, 0.6) is 0 Å². The van der Waals surface area contributed by atoms with Crippen molar-refractivity contribution in [3.63, 3.8) is 0 Å². The number of nitrogen functional groups attached to an aromatic ring is 1. The maximum absolute atomic E-state index is 12.8. The molecule has 166 valence electrons. The number of rotatable bonds is 7. The van der Waals surface area contributed by atoms with Gasteiger partial charge in [-0.1, -0.05) is 18.2 Å². The quantitative estimate of drug-likeness (QED) is 0.479. The minimum absolute atomic E-state index is 0.131. The number of nitrogens with two attached hydrogens (primary N) is 1. The Bertz CT molecular complexity index is 1110. The first-order valence-electron chi connectivity index (χ1n) is 10.0. The van der Waals surface area contributed by atoms with E-state index in [4.69, 9.17) is 5.73 Å². The van der Waals surface area contributed by atoms with Crippen LogP contribution in [0.4, 0.5) is 11.4 Å². The molecule has 0 aliphatic heterocycles. The van der Waals surface area contributed by atoms with Crippen LogP contribution in [0.3, 0.4) is 0 Å². The Morgan fingerprint density at radius 3 is 2.34 bits per heavy atom. The van der Waals surface area contributed by atoms with Crippen molar-refractivity contribution in [2.24, 2.45) is 0 Å². The lowest BCUT2D eigenvalue weighted by Crippen LogP contribution is -2.36. The molecule has 1 unspecified atom stereocenters. The summed E-state index contributed by atoms with van der Waals surface area (Å²) in [5.74, 6) is -1.18. The fourth-order valence-electron chi connectivity index (χ4n) is 3.24. The molecule has 1 atom stereocenters. The highest BCUT2D eigenvalue weighted by Crippen LogP contribution is 2.29. The summed E-state index contributed by atoms with van der Waals surface area (Å²) in [6.07, 6.45) is 0. The molecule has 3 amide bonds. The number of nitrogens with zero attached hydrogens (tertiary/aromatic N) is 1. The Morgan fingerprint density at radius 1 is 1.03 bits per heavy atom. The summed E-state index contributed by atoms with van der Waals surface area (Å²) in [4.78, 5) is 38.2. The number of carbonyl (C=O) groups excluding carboxylic acids is 3. The highest BCUT2D eigenvalue weighted by atomic mass is 32.1. The Balaban J connectivity index is 1.78. The van der Waals surface area contributed by atoms with E-state index in [-0.39, 0.29) is 24.3 Å². The van der Waals surface area contributed by atoms with E-state index in [9.17, 15) is 14.4 Å². The molecule has 32 heavy (non-hydrogen) atoms. The van der Waals surface area contributed by atoms with E-state index < -0.39 is 5.92 Å². The Hall–Kier alpha value is -3.65. The van der Waals surface area contributed by atoms with E-state index in [0.29, 0.717) is 22.5 Å². The third kappa shape index (κ3) is 5.53. The predicted octanol–water partition coefficient (Wildman–Crippen LogP) is 3.56. The molecular weight excluding hydrogens is 424 g/mol. The van der Waals surface area contributed by atoms with Crippen LogP contribution < -0.4 is 16.4 Å². The zero-order valence-electron chi connectivity index (χ0n) is 18.2. The molecule has 1 heterocycles. The van der Waals surface area contributed by atoms with Gasteiger partial charge in [-0.25, -0.2) is 0 Å². The van der Waals surface area contributed by atoms with Crippen LogP contribution in [0.2, 0.25) is 0 Å². The van der Waals surface area contributed by atoms with Crippen LogP contribution in [-0.2, 0) is 9.59 Å². The predicted molar refractivity (Wildman–Crippen MR) is 129 cm³/mol. The molecule has 0 radical (unpaired) electrons. The van der Waals surface area contributed by atoms with Gasteiger partial charge in [0, 0.05) is 33.1 Å². The first-order valence-corrected chi connectivity index (χ1v) is 11.0. The minimum atomic E-state index is -0.538. The summed E-state index contributed by atoms with van der Waals surface area (Å²) in [5.41, 5.74) is 10.3. The van der Waals surface area contributed by atoms with Gasteiger partial charge < -0.3 is 21.3 Å². The van der Waals surface area contributed by atoms with E-state index in [0.717, 1.165) is 11.1 Å². The normalized spacial score (nSPS) is 11.5. The van der Waals surface area contributed by atoms with Gasteiger partial charge in [0.25, 0.3) is 5.91 Å². The van der Waals surface area contributed by atoms with Crippen molar-refractivity contribution < 1.29 is 14.4 Å². The zero-order valence-corrected chi connectivity index (χ0v) is 19.0. The molecule has 0 spiro atoms. The van der Waals surface area contributed by atoms with Crippen molar-refractivity contribution in [1.82, 2.24) is 10.2 Å². The smallest absolute Gasteiger partial charge is 0.255 e. The molecule has 0 saturated heterocycles. The molecule has 0 bridgehead atoms. The highest BCUT2D eigenvalue weighted by molar-refractivity contribution is 7.08. The molecule has 2 aromatic carbocycles. The largest absolute Gasteiger partial charge is 0.397 e. The Kier molecular flexibility index (Phi) is 7.27. The average molecular weight is 451 g/mol. The minimum Gasteiger partial charge on any atom is -0.397 e. The van der Waals surface area contributed by atoms with Crippen molar-refractivity contribution in [3.8, 4) is 11.1 Å². The fourth-order valence-corrected chi connectivity index (χ4v) is 3.90. The van der Waals surface area contributed by atoms with E-state index in [1.54, 1.807) is 55.8 Å². The summed E-state index contributed by atoms with van der Waals surface area (Å²) in [6.45, 7) is 1.59. The molecule has 0 aliphatic carbocycles. The molecule has 3 rings (SSSR count). The number of amides is 3. The topological polar surface area (TPSA) is 105 Å². The van der Waals surface area contributed by atoms with Crippen molar-refractivity contribution in [1.29, 1.82) is 0 Å². The molecule has 0 aliphatic rings. The van der Waals surface area contributed by atoms with Gasteiger partial charge in [0.2, 0.25) is 11.8 Å². The molecule has 1 aromatic heterocycles. The molecule has 0 saturated carbocycles. The second-order valence-corrected chi connectivity index (χ2v) is 8.39. The highest BCUT2D eigenvalue weighted by Gasteiger charge is 2.23. The lowest BCUT2D eigenvalue weighted by atomic mass is 9.96. The number of carbonyl (C=O) groups is 3. The number of nitrogens with one attached hydrogen (secondary N) is 2. The summed E-state index contributed by atoms with van der Waals surface area (Å²) >= 11 is 1.60. The summed E-state index contributed by atoms with van der Waals surface area (Å²) in [7, 11) is 3.33. The Morgan fingerprint density at radius 2 is 1.75 bits per heavy atom. The van der Waals surface area contributed by atoms with Crippen molar-refractivity contribution in [2.45, 2.75) is 12.8 Å². The number of likely N-dealkylation sites (N-methyl/N-ethyl adjacent to an activating group) is 1. The number of benzene rings is 2. The van der Waals surface area contributed by atoms with E-state index in [1.165, 1.54) is 11.8 Å².